The molecule has 5 unspecified atom stereocenters. The smallest absolute Gasteiger partial charge is 0.0113 e. The van der Waals surface area contributed by atoms with Gasteiger partial charge in [0, 0.05) is 18.1 Å². The molecule has 2 N–H and O–H groups in total. The van der Waals surface area contributed by atoms with Crippen LogP contribution in [0.15, 0.2) is 0 Å². The molecule has 2 nitrogen and oxygen atoms in total. The maximum Gasteiger partial charge on any atom is 0.0113 e. The third kappa shape index (κ3) is 3.33. The Bertz CT molecular complexity index is 275. The zero-order chi connectivity index (χ0) is 13.2. The van der Waals surface area contributed by atoms with Gasteiger partial charge in [-0.1, -0.05) is 20.3 Å². The Hall–Kier alpha value is -0.0800. The highest BCUT2D eigenvalue weighted by Gasteiger charge is 2.36. The molecule has 1 heterocycles. The van der Waals surface area contributed by atoms with E-state index in [2.05, 4.69) is 24.5 Å². The van der Waals surface area contributed by atoms with Crippen molar-refractivity contribution in [2.75, 3.05) is 6.54 Å². The average Bonchev–Trinajstić information content (AvgIpc) is 2.96. The van der Waals surface area contributed by atoms with Gasteiger partial charge in [0.15, 0.2) is 0 Å². The summed E-state index contributed by atoms with van der Waals surface area (Å²) >= 11 is 0. The molecule has 0 amide bonds. The Morgan fingerprint density at radius 2 is 1.68 bits per heavy atom. The Morgan fingerprint density at radius 1 is 0.895 bits per heavy atom. The maximum absolute atomic E-state index is 4.07. The summed E-state index contributed by atoms with van der Waals surface area (Å²) < 4.78 is 0. The molecule has 1 aliphatic heterocycles. The van der Waals surface area contributed by atoms with Gasteiger partial charge >= 0.3 is 0 Å². The van der Waals surface area contributed by atoms with Crippen LogP contribution in [0.5, 0.6) is 0 Å². The van der Waals surface area contributed by atoms with Gasteiger partial charge < -0.3 is 10.6 Å². The quantitative estimate of drug-likeness (QED) is 0.817. The molecule has 2 heteroatoms. The lowest BCUT2D eigenvalue weighted by Crippen LogP contribution is -2.48. The fourth-order valence-electron chi connectivity index (χ4n) is 5.14. The Kier molecular flexibility index (Phi) is 4.48. The van der Waals surface area contributed by atoms with Crippen molar-refractivity contribution < 1.29 is 0 Å². The monoisotopic (exact) mass is 264 g/mol. The summed E-state index contributed by atoms with van der Waals surface area (Å²) in [6.45, 7) is 6.13. The van der Waals surface area contributed by atoms with Gasteiger partial charge in [-0.2, -0.15) is 0 Å². The standard InChI is InChI=1S/C17H32N2/c1-12-9-13(2)11-14(10-12)19-17-6-3-5-15(17)16-7-4-8-18-16/h12-19H,3-11H2,1-2H3. The van der Waals surface area contributed by atoms with E-state index in [1.165, 1.54) is 57.9 Å². The number of nitrogens with one attached hydrogen (secondary N) is 2. The molecule has 3 fully saturated rings. The minimum absolute atomic E-state index is 0.797. The number of hydrogen-bond donors (Lipinski definition) is 2. The summed E-state index contributed by atoms with van der Waals surface area (Å²) in [6, 6.07) is 2.42. The molecule has 0 aromatic heterocycles. The summed E-state index contributed by atoms with van der Waals surface area (Å²) in [5.41, 5.74) is 0. The van der Waals surface area contributed by atoms with Gasteiger partial charge in [0.1, 0.15) is 0 Å². The lowest BCUT2D eigenvalue weighted by molar-refractivity contribution is 0.204. The van der Waals surface area contributed by atoms with E-state index in [0.29, 0.717) is 0 Å². The van der Waals surface area contributed by atoms with Gasteiger partial charge in [0.05, 0.1) is 0 Å². The van der Waals surface area contributed by atoms with E-state index in [0.717, 1.165) is 35.9 Å². The molecular formula is C17H32N2. The zero-order valence-corrected chi connectivity index (χ0v) is 12.8. The van der Waals surface area contributed by atoms with Crippen LogP contribution < -0.4 is 10.6 Å². The van der Waals surface area contributed by atoms with Gasteiger partial charge in [-0.05, 0) is 69.2 Å². The van der Waals surface area contributed by atoms with Gasteiger partial charge in [-0.3, -0.25) is 0 Å². The molecule has 110 valence electrons. The molecule has 2 aliphatic carbocycles. The van der Waals surface area contributed by atoms with Crippen LogP contribution in [0.1, 0.15) is 65.2 Å². The van der Waals surface area contributed by atoms with Crippen molar-refractivity contribution in [3.63, 3.8) is 0 Å². The number of hydrogen-bond acceptors (Lipinski definition) is 2. The molecule has 3 aliphatic rings. The predicted octanol–water partition coefficient (Wildman–Crippen LogP) is 3.32. The van der Waals surface area contributed by atoms with Crippen LogP contribution in [0.3, 0.4) is 0 Å². The third-order valence-electron chi connectivity index (χ3n) is 5.81. The second-order valence-corrected chi connectivity index (χ2v) is 7.69. The fourth-order valence-corrected chi connectivity index (χ4v) is 5.14. The summed E-state index contributed by atoms with van der Waals surface area (Å²) in [5.74, 6) is 2.76. The lowest BCUT2D eigenvalue weighted by atomic mass is 9.79. The molecule has 19 heavy (non-hydrogen) atoms. The highest BCUT2D eigenvalue weighted by Crippen LogP contribution is 2.34. The second-order valence-electron chi connectivity index (χ2n) is 7.69. The molecule has 5 atom stereocenters. The molecule has 0 aromatic rings. The maximum atomic E-state index is 4.07. The average molecular weight is 264 g/mol. The third-order valence-corrected chi connectivity index (χ3v) is 5.81. The van der Waals surface area contributed by atoms with E-state index < -0.39 is 0 Å². The van der Waals surface area contributed by atoms with Crippen molar-refractivity contribution in [3.8, 4) is 0 Å². The first kappa shape index (κ1) is 13.9. The SMILES string of the molecule is CC1CC(C)CC(NC2CCCC2C2CCCN2)C1. The first-order valence-corrected chi connectivity index (χ1v) is 8.72. The fraction of sp³-hybridized carbons (Fsp3) is 1.00. The van der Waals surface area contributed by atoms with Crippen LogP contribution in [0.4, 0.5) is 0 Å². The molecular weight excluding hydrogens is 232 g/mol. The molecule has 0 spiro atoms. The predicted molar refractivity (Wildman–Crippen MR) is 81.3 cm³/mol. The van der Waals surface area contributed by atoms with Crippen LogP contribution >= 0.6 is 0 Å². The van der Waals surface area contributed by atoms with Crippen LogP contribution in [0.25, 0.3) is 0 Å². The Morgan fingerprint density at radius 3 is 2.37 bits per heavy atom. The molecule has 1 saturated heterocycles. The minimum Gasteiger partial charge on any atom is -0.314 e. The molecule has 2 saturated carbocycles. The van der Waals surface area contributed by atoms with E-state index in [4.69, 9.17) is 0 Å². The normalized spacial score (nSPS) is 47.7. The first-order chi connectivity index (χ1) is 9.22. The van der Waals surface area contributed by atoms with Gasteiger partial charge in [-0.25, -0.2) is 0 Å². The molecule has 0 radical (unpaired) electrons. The summed E-state index contributed by atoms with van der Waals surface area (Å²) in [5, 5.41) is 7.81. The zero-order valence-electron chi connectivity index (χ0n) is 12.8. The Balaban J connectivity index is 1.55. The Labute approximate surface area is 119 Å². The molecule has 0 bridgehead atoms. The molecule has 3 rings (SSSR count). The highest BCUT2D eigenvalue weighted by molar-refractivity contribution is 4.95. The van der Waals surface area contributed by atoms with Gasteiger partial charge in [-0.15, -0.1) is 0 Å². The van der Waals surface area contributed by atoms with Crippen molar-refractivity contribution in [2.45, 2.75) is 83.3 Å². The minimum atomic E-state index is 0.797. The molecule has 0 aromatic carbocycles. The van der Waals surface area contributed by atoms with Crippen molar-refractivity contribution >= 4 is 0 Å². The number of rotatable bonds is 3. The van der Waals surface area contributed by atoms with E-state index in [-0.39, 0.29) is 0 Å². The van der Waals surface area contributed by atoms with E-state index in [9.17, 15) is 0 Å². The van der Waals surface area contributed by atoms with Gasteiger partial charge in [0.2, 0.25) is 0 Å². The van der Waals surface area contributed by atoms with Crippen LogP contribution in [0, 0.1) is 17.8 Å². The van der Waals surface area contributed by atoms with E-state index >= 15 is 0 Å². The van der Waals surface area contributed by atoms with Crippen molar-refractivity contribution in [1.29, 1.82) is 0 Å². The van der Waals surface area contributed by atoms with Crippen LogP contribution in [-0.2, 0) is 0 Å². The summed E-state index contributed by atoms with van der Waals surface area (Å²) in [7, 11) is 0. The van der Waals surface area contributed by atoms with Crippen LogP contribution in [0.2, 0.25) is 0 Å². The van der Waals surface area contributed by atoms with Gasteiger partial charge in [0.25, 0.3) is 0 Å². The largest absolute Gasteiger partial charge is 0.314 e. The summed E-state index contributed by atoms with van der Waals surface area (Å²) in [4.78, 5) is 0. The lowest BCUT2D eigenvalue weighted by Gasteiger charge is -2.36. The van der Waals surface area contributed by atoms with Crippen molar-refractivity contribution in [3.05, 3.63) is 0 Å². The topological polar surface area (TPSA) is 24.1 Å². The van der Waals surface area contributed by atoms with Crippen molar-refractivity contribution in [2.24, 2.45) is 17.8 Å². The van der Waals surface area contributed by atoms with E-state index in [1.54, 1.807) is 0 Å². The summed E-state index contributed by atoms with van der Waals surface area (Å²) in [6.07, 6.45) is 11.4. The van der Waals surface area contributed by atoms with Crippen LogP contribution in [-0.4, -0.2) is 24.7 Å². The highest BCUT2D eigenvalue weighted by atomic mass is 15.0. The first-order valence-electron chi connectivity index (χ1n) is 8.72. The second kappa shape index (κ2) is 6.13. The van der Waals surface area contributed by atoms with Crippen molar-refractivity contribution in [1.82, 2.24) is 10.6 Å². The van der Waals surface area contributed by atoms with E-state index in [1.807, 2.05) is 0 Å².